The van der Waals surface area contributed by atoms with E-state index in [0.717, 1.165) is 12.8 Å². The smallest absolute Gasteiger partial charge is 0.254 e. The summed E-state index contributed by atoms with van der Waals surface area (Å²) >= 11 is 0. The van der Waals surface area contributed by atoms with Gasteiger partial charge in [-0.25, -0.2) is 0 Å². The van der Waals surface area contributed by atoms with E-state index in [4.69, 9.17) is 5.73 Å². The molecular weight excluding hydrogens is 232 g/mol. The second kappa shape index (κ2) is 5.08. The summed E-state index contributed by atoms with van der Waals surface area (Å²) in [6.07, 6.45) is 2.38. The van der Waals surface area contributed by atoms with Crippen LogP contribution >= 0.6 is 0 Å². The van der Waals surface area contributed by atoms with Crippen LogP contribution in [0, 0.1) is 0 Å². The Morgan fingerprint density at radius 2 is 2.11 bits per heavy atom. The van der Waals surface area contributed by atoms with Crippen LogP contribution in [0.3, 0.4) is 0 Å². The number of hydrogen-bond acceptors (Lipinski definition) is 3. The van der Waals surface area contributed by atoms with E-state index in [1.165, 1.54) is 17.0 Å². The van der Waals surface area contributed by atoms with E-state index >= 15 is 0 Å². The average molecular weight is 248 g/mol. The van der Waals surface area contributed by atoms with Crippen molar-refractivity contribution < 1.29 is 14.7 Å². The highest BCUT2D eigenvalue weighted by atomic mass is 16.3. The molecule has 0 bridgehead atoms. The third kappa shape index (κ3) is 2.45. The molecule has 5 nitrogen and oxygen atoms in total. The summed E-state index contributed by atoms with van der Waals surface area (Å²) in [6.45, 7) is 0.530. The predicted octanol–water partition coefficient (Wildman–Crippen LogP) is 0.872. The third-order valence-corrected chi connectivity index (χ3v) is 3.19. The number of benzene rings is 1. The number of carbonyl (C=O) groups is 2. The van der Waals surface area contributed by atoms with E-state index < -0.39 is 11.9 Å². The summed E-state index contributed by atoms with van der Waals surface area (Å²) in [5.41, 5.74) is 5.70. The lowest BCUT2D eigenvalue weighted by molar-refractivity contribution is -0.123. The highest BCUT2D eigenvalue weighted by Crippen LogP contribution is 2.21. The number of hydrogen-bond donors (Lipinski definition) is 2. The molecule has 1 saturated heterocycles. The fourth-order valence-electron chi connectivity index (χ4n) is 2.28. The van der Waals surface area contributed by atoms with Crippen molar-refractivity contribution >= 4 is 11.8 Å². The van der Waals surface area contributed by atoms with Gasteiger partial charge in [0.05, 0.1) is 0 Å². The quantitative estimate of drug-likeness (QED) is 0.814. The summed E-state index contributed by atoms with van der Waals surface area (Å²) in [4.78, 5) is 25.1. The molecule has 0 spiro atoms. The van der Waals surface area contributed by atoms with E-state index in [1.807, 2.05) is 0 Å². The van der Waals surface area contributed by atoms with E-state index in [9.17, 15) is 14.7 Å². The van der Waals surface area contributed by atoms with E-state index in [2.05, 4.69) is 0 Å². The molecule has 0 aliphatic carbocycles. The molecule has 2 amide bonds. The number of nitrogens with zero attached hydrogens (tertiary/aromatic N) is 1. The topological polar surface area (TPSA) is 83.6 Å². The van der Waals surface area contributed by atoms with Crippen molar-refractivity contribution in [3.05, 3.63) is 29.8 Å². The third-order valence-electron chi connectivity index (χ3n) is 3.19. The monoisotopic (exact) mass is 248 g/mol. The first kappa shape index (κ1) is 12.4. The molecule has 1 aromatic rings. The summed E-state index contributed by atoms with van der Waals surface area (Å²) in [7, 11) is 0. The highest BCUT2D eigenvalue weighted by molar-refractivity contribution is 5.97. The molecule has 1 fully saturated rings. The second-order valence-corrected chi connectivity index (χ2v) is 4.46. The summed E-state index contributed by atoms with van der Waals surface area (Å²) in [5, 5.41) is 9.37. The van der Waals surface area contributed by atoms with Gasteiger partial charge >= 0.3 is 0 Å². The zero-order chi connectivity index (χ0) is 13.1. The van der Waals surface area contributed by atoms with Gasteiger partial charge in [-0.1, -0.05) is 6.07 Å². The van der Waals surface area contributed by atoms with Crippen LogP contribution in [0.4, 0.5) is 0 Å². The Morgan fingerprint density at radius 3 is 2.78 bits per heavy atom. The summed E-state index contributed by atoms with van der Waals surface area (Å²) in [5.74, 6) is -0.689. The minimum atomic E-state index is -0.534. The molecule has 1 heterocycles. The van der Waals surface area contributed by atoms with Crippen LogP contribution < -0.4 is 5.73 Å². The van der Waals surface area contributed by atoms with Crippen LogP contribution in [0.15, 0.2) is 24.3 Å². The summed E-state index contributed by atoms with van der Waals surface area (Å²) in [6, 6.07) is 5.59. The number of carbonyl (C=O) groups excluding carboxylic acids is 2. The molecule has 1 aliphatic heterocycles. The Balaban J connectivity index is 2.23. The zero-order valence-electron chi connectivity index (χ0n) is 10.0. The lowest BCUT2D eigenvalue weighted by atomic mass is 10.0. The first-order valence-corrected chi connectivity index (χ1v) is 5.99. The maximum atomic E-state index is 12.3. The molecule has 0 aromatic heterocycles. The van der Waals surface area contributed by atoms with Gasteiger partial charge in [-0.05, 0) is 37.5 Å². The molecule has 0 radical (unpaired) electrons. The van der Waals surface area contributed by atoms with Crippen LogP contribution in [-0.4, -0.2) is 34.4 Å². The maximum Gasteiger partial charge on any atom is 0.254 e. The second-order valence-electron chi connectivity index (χ2n) is 4.46. The Labute approximate surface area is 105 Å². The van der Waals surface area contributed by atoms with Crippen LogP contribution in [0.1, 0.15) is 29.6 Å². The van der Waals surface area contributed by atoms with Crippen molar-refractivity contribution in [1.82, 2.24) is 4.90 Å². The Kier molecular flexibility index (Phi) is 3.50. The molecule has 1 aliphatic rings. The highest BCUT2D eigenvalue weighted by Gasteiger charge is 2.31. The van der Waals surface area contributed by atoms with Crippen LogP contribution in [0.25, 0.3) is 0 Å². The van der Waals surface area contributed by atoms with Gasteiger partial charge < -0.3 is 15.7 Å². The number of aromatic hydroxyl groups is 1. The standard InChI is InChI=1S/C13H16N2O3/c14-12(17)11-6-1-2-7-15(11)13(18)9-4-3-5-10(16)8-9/h3-5,8,11,16H,1-2,6-7H2,(H2,14,17). The number of phenolic OH excluding ortho intramolecular Hbond substituents is 1. The minimum absolute atomic E-state index is 0.0356. The molecule has 1 aromatic carbocycles. The SMILES string of the molecule is NC(=O)C1CCCCN1C(=O)c1cccc(O)c1. The van der Waals surface area contributed by atoms with E-state index in [1.54, 1.807) is 12.1 Å². The van der Waals surface area contributed by atoms with Crippen molar-refractivity contribution in [3.63, 3.8) is 0 Å². The van der Waals surface area contributed by atoms with Gasteiger partial charge in [0.1, 0.15) is 11.8 Å². The number of piperidine rings is 1. The van der Waals surface area contributed by atoms with Gasteiger partial charge in [0.2, 0.25) is 5.91 Å². The first-order chi connectivity index (χ1) is 8.59. The van der Waals surface area contributed by atoms with Crippen molar-refractivity contribution in [3.8, 4) is 5.75 Å². The molecule has 1 atom stereocenters. The number of rotatable bonds is 2. The largest absolute Gasteiger partial charge is 0.508 e. The average Bonchev–Trinajstić information content (AvgIpc) is 2.38. The zero-order valence-corrected chi connectivity index (χ0v) is 10.0. The van der Waals surface area contributed by atoms with Gasteiger partial charge in [0.15, 0.2) is 0 Å². The Hall–Kier alpha value is -2.04. The van der Waals surface area contributed by atoms with E-state index in [0.29, 0.717) is 18.5 Å². The van der Waals surface area contributed by atoms with Crippen LogP contribution in [0.5, 0.6) is 5.75 Å². The van der Waals surface area contributed by atoms with Gasteiger partial charge in [0.25, 0.3) is 5.91 Å². The van der Waals surface area contributed by atoms with Gasteiger partial charge in [0, 0.05) is 12.1 Å². The predicted molar refractivity (Wildman–Crippen MR) is 66.0 cm³/mol. The number of primary amides is 1. The fraction of sp³-hybridized carbons (Fsp3) is 0.385. The number of phenols is 1. The van der Waals surface area contributed by atoms with Crippen LogP contribution in [0.2, 0.25) is 0 Å². The molecular formula is C13H16N2O3. The summed E-state index contributed by atoms with van der Waals surface area (Å²) < 4.78 is 0. The van der Waals surface area contributed by atoms with Crippen molar-refractivity contribution in [2.24, 2.45) is 5.73 Å². The number of amides is 2. The first-order valence-electron chi connectivity index (χ1n) is 5.99. The van der Waals surface area contributed by atoms with Crippen molar-refractivity contribution in [2.45, 2.75) is 25.3 Å². The molecule has 96 valence electrons. The normalized spacial score (nSPS) is 19.6. The molecule has 2 rings (SSSR count). The fourth-order valence-corrected chi connectivity index (χ4v) is 2.28. The van der Waals surface area contributed by atoms with Crippen molar-refractivity contribution in [1.29, 1.82) is 0 Å². The van der Waals surface area contributed by atoms with Gasteiger partial charge in [-0.2, -0.15) is 0 Å². The van der Waals surface area contributed by atoms with Crippen LogP contribution in [-0.2, 0) is 4.79 Å². The Morgan fingerprint density at radius 1 is 1.33 bits per heavy atom. The Bertz CT molecular complexity index is 473. The molecule has 0 saturated carbocycles. The number of likely N-dealkylation sites (tertiary alicyclic amines) is 1. The molecule has 3 N–H and O–H groups in total. The lowest BCUT2D eigenvalue weighted by Gasteiger charge is -2.33. The molecule has 1 unspecified atom stereocenters. The molecule has 5 heteroatoms. The minimum Gasteiger partial charge on any atom is -0.508 e. The van der Waals surface area contributed by atoms with Gasteiger partial charge in [-0.3, -0.25) is 9.59 Å². The number of nitrogens with two attached hydrogens (primary N) is 1. The molecule has 18 heavy (non-hydrogen) atoms. The van der Waals surface area contributed by atoms with Crippen molar-refractivity contribution in [2.75, 3.05) is 6.54 Å². The van der Waals surface area contributed by atoms with Gasteiger partial charge in [-0.15, -0.1) is 0 Å². The lowest BCUT2D eigenvalue weighted by Crippen LogP contribution is -2.50. The van der Waals surface area contributed by atoms with E-state index in [-0.39, 0.29) is 11.7 Å². The maximum absolute atomic E-state index is 12.3.